The first-order chi connectivity index (χ1) is 8.77. The summed E-state index contributed by atoms with van der Waals surface area (Å²) in [5.41, 5.74) is 0. The molecule has 0 heterocycles. The number of carbonyl (C=O) groups excluding carboxylic acids is 1. The molecule has 0 unspecified atom stereocenters. The van der Waals surface area contributed by atoms with Gasteiger partial charge in [0.2, 0.25) is 0 Å². The molecule has 0 aromatic rings. The molecular formula is C16H30O2. The lowest BCUT2D eigenvalue weighted by molar-refractivity contribution is -0.140. The molecule has 0 aliphatic heterocycles. The van der Waals surface area contributed by atoms with Crippen molar-refractivity contribution in [3.05, 3.63) is 12.2 Å². The van der Waals surface area contributed by atoms with Crippen LogP contribution in [0.2, 0.25) is 0 Å². The van der Waals surface area contributed by atoms with Crippen LogP contribution in [0.5, 0.6) is 0 Å². The highest BCUT2D eigenvalue weighted by atomic mass is 16.5. The molecule has 0 N–H and O–H groups in total. The van der Waals surface area contributed by atoms with Crippen molar-refractivity contribution in [3.8, 4) is 0 Å². The van der Waals surface area contributed by atoms with Gasteiger partial charge in [0, 0.05) is 6.92 Å². The Balaban J connectivity index is 3.06. The Morgan fingerprint density at radius 2 is 1.44 bits per heavy atom. The maximum Gasteiger partial charge on any atom is 0.302 e. The van der Waals surface area contributed by atoms with Crippen molar-refractivity contribution in [1.29, 1.82) is 0 Å². The molecular weight excluding hydrogens is 224 g/mol. The molecule has 0 amide bonds. The quantitative estimate of drug-likeness (QED) is 0.277. The normalized spacial score (nSPS) is 11.0. The predicted octanol–water partition coefficient (Wildman–Crippen LogP) is 5.03. The largest absolute Gasteiger partial charge is 0.466 e. The van der Waals surface area contributed by atoms with Crippen LogP contribution < -0.4 is 0 Å². The first-order valence-electron chi connectivity index (χ1n) is 7.55. The number of hydrogen-bond donors (Lipinski definition) is 0. The van der Waals surface area contributed by atoms with Crippen molar-refractivity contribution in [2.24, 2.45) is 0 Å². The average Bonchev–Trinajstić information content (AvgIpc) is 2.34. The van der Waals surface area contributed by atoms with Crippen LogP contribution in [0, 0.1) is 0 Å². The molecule has 0 saturated heterocycles. The highest BCUT2D eigenvalue weighted by Crippen LogP contribution is 2.09. The van der Waals surface area contributed by atoms with Crippen LogP contribution in [-0.2, 0) is 9.53 Å². The minimum atomic E-state index is -0.188. The van der Waals surface area contributed by atoms with Crippen molar-refractivity contribution >= 4 is 5.97 Å². The summed E-state index contributed by atoms with van der Waals surface area (Å²) in [6.07, 6.45) is 17.3. The second-order valence-corrected chi connectivity index (χ2v) is 4.86. The fraction of sp³-hybridized carbons (Fsp3) is 0.812. The molecule has 0 radical (unpaired) electrons. The number of unbranched alkanes of at least 4 members (excludes halogenated alkanes) is 8. The molecule has 0 aliphatic carbocycles. The van der Waals surface area contributed by atoms with Gasteiger partial charge in [-0.05, 0) is 19.3 Å². The van der Waals surface area contributed by atoms with Crippen molar-refractivity contribution < 1.29 is 9.53 Å². The number of allylic oxidation sites excluding steroid dienone is 1. The van der Waals surface area contributed by atoms with Crippen molar-refractivity contribution in [2.75, 3.05) is 6.61 Å². The van der Waals surface area contributed by atoms with E-state index in [1.165, 1.54) is 58.3 Å². The van der Waals surface area contributed by atoms with E-state index in [-0.39, 0.29) is 5.97 Å². The summed E-state index contributed by atoms with van der Waals surface area (Å²) in [5, 5.41) is 0. The van der Waals surface area contributed by atoms with E-state index in [1.54, 1.807) is 0 Å². The second-order valence-electron chi connectivity index (χ2n) is 4.86. The van der Waals surface area contributed by atoms with Crippen LogP contribution in [0.4, 0.5) is 0 Å². The van der Waals surface area contributed by atoms with Crippen LogP contribution in [0.3, 0.4) is 0 Å². The number of ether oxygens (including phenoxy) is 1. The molecule has 0 bridgehead atoms. The van der Waals surface area contributed by atoms with Crippen LogP contribution in [0.15, 0.2) is 12.2 Å². The van der Waals surface area contributed by atoms with Gasteiger partial charge in [-0.15, -0.1) is 0 Å². The van der Waals surface area contributed by atoms with Crippen molar-refractivity contribution in [1.82, 2.24) is 0 Å². The molecule has 0 aromatic carbocycles. The molecule has 0 rings (SSSR count). The Morgan fingerprint density at radius 3 is 2.06 bits per heavy atom. The van der Waals surface area contributed by atoms with Crippen molar-refractivity contribution in [3.63, 3.8) is 0 Å². The SMILES string of the molecule is CCCCCCCCCC/C=C\CCOC(C)=O. The lowest BCUT2D eigenvalue weighted by Crippen LogP contribution is -1.98. The molecule has 0 aromatic heterocycles. The summed E-state index contributed by atoms with van der Waals surface area (Å²) in [5.74, 6) is -0.188. The molecule has 106 valence electrons. The summed E-state index contributed by atoms with van der Waals surface area (Å²) >= 11 is 0. The molecule has 0 saturated carbocycles. The van der Waals surface area contributed by atoms with Gasteiger partial charge in [0.15, 0.2) is 0 Å². The van der Waals surface area contributed by atoms with E-state index in [9.17, 15) is 4.79 Å². The number of esters is 1. The van der Waals surface area contributed by atoms with E-state index in [0.29, 0.717) is 6.61 Å². The van der Waals surface area contributed by atoms with Gasteiger partial charge < -0.3 is 4.74 Å². The van der Waals surface area contributed by atoms with E-state index in [2.05, 4.69) is 19.1 Å². The molecule has 2 heteroatoms. The Morgan fingerprint density at radius 1 is 0.889 bits per heavy atom. The van der Waals surface area contributed by atoms with Gasteiger partial charge in [-0.3, -0.25) is 4.79 Å². The predicted molar refractivity (Wildman–Crippen MR) is 77.6 cm³/mol. The summed E-state index contributed by atoms with van der Waals surface area (Å²) in [4.78, 5) is 10.5. The van der Waals surface area contributed by atoms with Crippen LogP contribution in [-0.4, -0.2) is 12.6 Å². The van der Waals surface area contributed by atoms with E-state index < -0.39 is 0 Å². The first kappa shape index (κ1) is 17.2. The first-order valence-corrected chi connectivity index (χ1v) is 7.55. The maximum atomic E-state index is 10.5. The summed E-state index contributed by atoms with van der Waals surface area (Å²) < 4.78 is 4.84. The third-order valence-electron chi connectivity index (χ3n) is 2.98. The fourth-order valence-corrected chi connectivity index (χ4v) is 1.90. The highest BCUT2D eigenvalue weighted by molar-refractivity contribution is 5.65. The zero-order chi connectivity index (χ0) is 13.5. The molecule has 0 spiro atoms. The van der Waals surface area contributed by atoms with Gasteiger partial charge in [-0.1, -0.05) is 64.0 Å². The average molecular weight is 254 g/mol. The monoisotopic (exact) mass is 254 g/mol. The smallest absolute Gasteiger partial charge is 0.302 e. The zero-order valence-corrected chi connectivity index (χ0v) is 12.2. The highest BCUT2D eigenvalue weighted by Gasteiger charge is 1.91. The molecule has 2 nitrogen and oxygen atoms in total. The van der Waals surface area contributed by atoms with E-state index in [4.69, 9.17) is 4.74 Å². The Kier molecular flexibility index (Phi) is 13.6. The summed E-state index contributed by atoms with van der Waals surface area (Å²) in [7, 11) is 0. The number of rotatable bonds is 12. The molecule has 0 aliphatic rings. The lowest BCUT2D eigenvalue weighted by atomic mass is 10.1. The van der Waals surface area contributed by atoms with Gasteiger partial charge in [-0.2, -0.15) is 0 Å². The fourth-order valence-electron chi connectivity index (χ4n) is 1.90. The second kappa shape index (κ2) is 14.3. The van der Waals surface area contributed by atoms with Crippen molar-refractivity contribution in [2.45, 2.75) is 78.1 Å². The van der Waals surface area contributed by atoms with Gasteiger partial charge in [0.05, 0.1) is 6.61 Å². The van der Waals surface area contributed by atoms with Crippen LogP contribution >= 0.6 is 0 Å². The summed E-state index contributed by atoms with van der Waals surface area (Å²) in [6.45, 7) is 4.22. The van der Waals surface area contributed by atoms with Gasteiger partial charge in [0.1, 0.15) is 0 Å². The standard InChI is InChI=1S/C16H30O2/c1-3-4-5-6-7-8-9-10-11-12-13-14-15-18-16(2)17/h12-13H,3-11,14-15H2,1-2H3/b13-12-. The lowest BCUT2D eigenvalue weighted by Gasteiger charge is -2.00. The van der Waals surface area contributed by atoms with E-state index >= 15 is 0 Å². The Bertz CT molecular complexity index is 209. The topological polar surface area (TPSA) is 26.3 Å². The summed E-state index contributed by atoms with van der Waals surface area (Å²) in [6, 6.07) is 0. The maximum absolute atomic E-state index is 10.5. The van der Waals surface area contributed by atoms with Crippen LogP contribution in [0.25, 0.3) is 0 Å². The molecule has 18 heavy (non-hydrogen) atoms. The van der Waals surface area contributed by atoms with Crippen LogP contribution in [0.1, 0.15) is 78.1 Å². The third-order valence-corrected chi connectivity index (χ3v) is 2.98. The number of carbonyl (C=O) groups is 1. The number of hydrogen-bond acceptors (Lipinski definition) is 2. The van der Waals surface area contributed by atoms with Gasteiger partial charge >= 0.3 is 5.97 Å². The molecule has 0 atom stereocenters. The minimum absolute atomic E-state index is 0.188. The molecule has 0 fully saturated rings. The Hall–Kier alpha value is -0.790. The van der Waals surface area contributed by atoms with Gasteiger partial charge in [-0.25, -0.2) is 0 Å². The zero-order valence-electron chi connectivity index (χ0n) is 12.2. The third kappa shape index (κ3) is 15.2. The minimum Gasteiger partial charge on any atom is -0.466 e. The van der Waals surface area contributed by atoms with E-state index in [0.717, 1.165) is 12.8 Å². The van der Waals surface area contributed by atoms with E-state index in [1.807, 2.05) is 0 Å². The Labute approximate surface area is 113 Å². The van der Waals surface area contributed by atoms with Gasteiger partial charge in [0.25, 0.3) is 0 Å².